The van der Waals surface area contributed by atoms with Gasteiger partial charge in [0.05, 0.1) is 16.1 Å². The first-order valence-corrected chi connectivity index (χ1v) is 12.9. The van der Waals surface area contributed by atoms with E-state index in [1.54, 1.807) is 18.2 Å². The molecule has 2 saturated heterocycles. The number of rotatable bonds is 7. The molecule has 0 spiro atoms. The number of piperidine rings is 2. The van der Waals surface area contributed by atoms with Gasteiger partial charge in [-0.25, -0.2) is 0 Å². The second-order valence-electron chi connectivity index (χ2n) is 9.55. The molecule has 4 nitrogen and oxygen atoms in total. The first-order valence-electron chi connectivity index (χ1n) is 12.5. The van der Waals surface area contributed by atoms with Crippen LogP contribution in [0.25, 0.3) is 11.1 Å². The average Bonchev–Trinajstić information content (AvgIpc) is 2.87. The Kier molecular flexibility index (Phi) is 8.73. The average molecular weight is 508 g/mol. The molecule has 2 aromatic carbocycles. The summed E-state index contributed by atoms with van der Waals surface area (Å²) < 4.78 is 38.3. The summed E-state index contributed by atoms with van der Waals surface area (Å²) in [7, 11) is 0. The van der Waals surface area contributed by atoms with Gasteiger partial charge in [0, 0.05) is 12.6 Å². The minimum Gasteiger partial charge on any atom is -0.352 e. The predicted octanol–water partition coefficient (Wildman–Crippen LogP) is 6.10. The zero-order valence-corrected chi connectivity index (χ0v) is 20.7. The Hall–Kier alpha value is -2.09. The van der Waals surface area contributed by atoms with E-state index in [-0.39, 0.29) is 10.9 Å². The van der Waals surface area contributed by atoms with Crippen LogP contribution in [0.1, 0.15) is 54.4 Å². The maximum Gasteiger partial charge on any atom is 0.416 e. The van der Waals surface area contributed by atoms with Gasteiger partial charge in [0.25, 0.3) is 5.91 Å². The molecule has 35 heavy (non-hydrogen) atoms. The Labute approximate surface area is 210 Å². The number of likely N-dealkylation sites (tertiary alicyclic amines) is 2. The summed E-state index contributed by atoms with van der Waals surface area (Å²) >= 11 is 6.34. The molecule has 8 heteroatoms. The van der Waals surface area contributed by atoms with E-state index >= 15 is 0 Å². The van der Waals surface area contributed by atoms with Crippen LogP contribution in [0, 0.1) is 0 Å². The molecule has 0 unspecified atom stereocenters. The quantitative estimate of drug-likeness (QED) is 0.460. The topological polar surface area (TPSA) is 35.6 Å². The van der Waals surface area contributed by atoms with Crippen LogP contribution < -0.4 is 5.32 Å². The van der Waals surface area contributed by atoms with Crippen molar-refractivity contribution in [1.29, 1.82) is 0 Å². The van der Waals surface area contributed by atoms with Crippen molar-refractivity contribution in [3.8, 4) is 11.1 Å². The summed E-state index contributed by atoms with van der Waals surface area (Å²) in [6, 6.07) is 10.6. The smallest absolute Gasteiger partial charge is 0.352 e. The minimum atomic E-state index is -4.37. The number of nitrogens with one attached hydrogen (secondary N) is 1. The highest BCUT2D eigenvalue weighted by molar-refractivity contribution is 6.34. The number of hydrogen-bond acceptors (Lipinski definition) is 3. The van der Waals surface area contributed by atoms with Crippen molar-refractivity contribution in [1.82, 2.24) is 15.1 Å². The van der Waals surface area contributed by atoms with Crippen LogP contribution in [0.15, 0.2) is 42.5 Å². The summed E-state index contributed by atoms with van der Waals surface area (Å²) in [6.07, 6.45) is 3.00. The molecule has 2 aliphatic heterocycles. The lowest BCUT2D eigenvalue weighted by molar-refractivity contribution is -0.137. The SMILES string of the molecule is O=C(NCCCN1CCC(N2CCCCC2)CC1)c1ccc(-c2ccc(C(F)(F)F)cc2)cc1Cl. The van der Waals surface area contributed by atoms with E-state index < -0.39 is 11.7 Å². The lowest BCUT2D eigenvalue weighted by Crippen LogP contribution is -2.47. The molecule has 2 aliphatic rings. The van der Waals surface area contributed by atoms with E-state index in [4.69, 9.17) is 11.6 Å². The molecule has 2 aromatic rings. The minimum absolute atomic E-state index is 0.238. The number of alkyl halides is 3. The molecule has 0 bridgehead atoms. The highest BCUT2D eigenvalue weighted by Gasteiger charge is 2.30. The van der Waals surface area contributed by atoms with Gasteiger partial charge in [-0.3, -0.25) is 4.79 Å². The van der Waals surface area contributed by atoms with E-state index in [1.165, 1.54) is 57.3 Å². The van der Waals surface area contributed by atoms with E-state index in [0.717, 1.165) is 44.2 Å². The number of nitrogens with zero attached hydrogens (tertiary/aromatic N) is 2. The molecule has 0 aromatic heterocycles. The third-order valence-electron chi connectivity index (χ3n) is 7.16. The van der Waals surface area contributed by atoms with E-state index in [0.29, 0.717) is 23.2 Å². The number of halogens is 4. The van der Waals surface area contributed by atoms with Gasteiger partial charge in [-0.15, -0.1) is 0 Å². The Bertz CT molecular complexity index is 982. The fraction of sp³-hybridized carbons (Fsp3) is 0.519. The standard InChI is InChI=1S/C27H33ClF3N3O/c28-25-19-21(20-5-8-22(9-6-20)27(29,30)31)7-10-24(25)26(35)32-13-4-14-33-17-11-23(12-18-33)34-15-2-1-3-16-34/h5-10,19,23H,1-4,11-18H2,(H,32,35). The van der Waals surface area contributed by atoms with Crippen molar-refractivity contribution in [2.24, 2.45) is 0 Å². The molecular weight excluding hydrogens is 475 g/mol. The Balaban J connectivity index is 1.21. The summed E-state index contributed by atoms with van der Waals surface area (Å²) in [6.45, 7) is 6.28. The van der Waals surface area contributed by atoms with Crippen molar-refractivity contribution in [2.75, 3.05) is 39.3 Å². The van der Waals surface area contributed by atoms with E-state index in [9.17, 15) is 18.0 Å². The van der Waals surface area contributed by atoms with Gasteiger partial charge < -0.3 is 15.1 Å². The zero-order chi connectivity index (χ0) is 24.8. The third kappa shape index (κ3) is 6.99. The fourth-order valence-electron chi connectivity index (χ4n) is 5.12. The van der Waals surface area contributed by atoms with Gasteiger partial charge in [-0.1, -0.05) is 36.2 Å². The molecule has 0 atom stereocenters. The van der Waals surface area contributed by atoms with Crippen molar-refractivity contribution >= 4 is 17.5 Å². The zero-order valence-electron chi connectivity index (χ0n) is 19.9. The lowest BCUT2D eigenvalue weighted by Gasteiger charge is -2.40. The fourth-order valence-corrected chi connectivity index (χ4v) is 5.39. The van der Waals surface area contributed by atoms with E-state index in [1.807, 2.05) is 0 Å². The monoisotopic (exact) mass is 507 g/mol. The van der Waals surface area contributed by atoms with Gasteiger partial charge in [0.15, 0.2) is 0 Å². The van der Waals surface area contributed by atoms with Gasteiger partial charge >= 0.3 is 6.18 Å². The molecule has 0 saturated carbocycles. The number of benzene rings is 2. The molecule has 4 rings (SSSR count). The molecule has 0 aliphatic carbocycles. The van der Waals surface area contributed by atoms with Gasteiger partial charge in [0.1, 0.15) is 0 Å². The van der Waals surface area contributed by atoms with Crippen LogP contribution in [0.4, 0.5) is 13.2 Å². The van der Waals surface area contributed by atoms with Gasteiger partial charge in [-0.05, 0) is 100 Å². The Morgan fingerprint density at radius 2 is 1.60 bits per heavy atom. The van der Waals surface area contributed by atoms with Crippen LogP contribution >= 0.6 is 11.6 Å². The van der Waals surface area contributed by atoms with Crippen LogP contribution in [-0.2, 0) is 6.18 Å². The maximum absolute atomic E-state index is 12.8. The predicted molar refractivity (Wildman–Crippen MR) is 134 cm³/mol. The van der Waals surface area contributed by atoms with Crippen LogP contribution in [0.3, 0.4) is 0 Å². The highest BCUT2D eigenvalue weighted by Crippen LogP contribution is 2.32. The van der Waals surface area contributed by atoms with Crippen molar-refractivity contribution in [3.05, 3.63) is 58.6 Å². The first-order chi connectivity index (χ1) is 16.8. The van der Waals surface area contributed by atoms with E-state index in [2.05, 4.69) is 15.1 Å². The van der Waals surface area contributed by atoms with Crippen molar-refractivity contribution in [3.63, 3.8) is 0 Å². The lowest BCUT2D eigenvalue weighted by atomic mass is 10.00. The second-order valence-corrected chi connectivity index (χ2v) is 9.96. The number of carbonyl (C=O) groups is 1. The van der Waals surface area contributed by atoms with Gasteiger partial charge in [0.2, 0.25) is 0 Å². The summed E-state index contributed by atoms with van der Waals surface area (Å²) in [4.78, 5) is 17.8. The molecule has 2 heterocycles. The number of amides is 1. The second kappa shape index (κ2) is 11.8. The van der Waals surface area contributed by atoms with Crippen molar-refractivity contribution in [2.45, 2.75) is 50.7 Å². The third-order valence-corrected chi connectivity index (χ3v) is 7.47. The van der Waals surface area contributed by atoms with Crippen LogP contribution in [0.5, 0.6) is 0 Å². The molecule has 1 N–H and O–H groups in total. The number of hydrogen-bond donors (Lipinski definition) is 1. The van der Waals surface area contributed by atoms with Crippen LogP contribution in [0.2, 0.25) is 5.02 Å². The molecular formula is C27H33ClF3N3O. The van der Waals surface area contributed by atoms with Gasteiger partial charge in [-0.2, -0.15) is 13.2 Å². The molecule has 0 radical (unpaired) electrons. The Morgan fingerprint density at radius 1 is 0.943 bits per heavy atom. The van der Waals surface area contributed by atoms with Crippen LogP contribution in [-0.4, -0.2) is 61.0 Å². The molecule has 1 amide bonds. The summed E-state index contributed by atoms with van der Waals surface area (Å²) in [5.41, 5.74) is 0.934. The normalized spacial score (nSPS) is 18.5. The Morgan fingerprint density at radius 3 is 2.23 bits per heavy atom. The largest absolute Gasteiger partial charge is 0.416 e. The summed E-state index contributed by atoms with van der Waals surface area (Å²) in [5, 5.41) is 3.22. The molecule has 190 valence electrons. The highest BCUT2D eigenvalue weighted by atomic mass is 35.5. The molecule has 2 fully saturated rings. The van der Waals surface area contributed by atoms with Crippen molar-refractivity contribution < 1.29 is 18.0 Å². The first kappa shape index (κ1) is 26.0. The number of carbonyl (C=O) groups excluding carboxylic acids is 1. The summed E-state index contributed by atoms with van der Waals surface area (Å²) in [5.74, 6) is -0.238. The maximum atomic E-state index is 12.8.